The van der Waals surface area contributed by atoms with E-state index in [4.69, 9.17) is 14.7 Å². The maximum atomic E-state index is 12.8. The second-order valence-corrected chi connectivity index (χ2v) is 13.1. The number of hydrogen-bond acceptors (Lipinski definition) is 8. The molecule has 6 rings (SSSR count). The quantitative estimate of drug-likeness (QED) is 0.306. The predicted octanol–water partition coefficient (Wildman–Crippen LogP) is 4.59. The van der Waals surface area contributed by atoms with Crippen molar-refractivity contribution < 1.29 is 17.9 Å². The molecule has 1 saturated carbocycles. The smallest absolute Gasteiger partial charge is 0.232 e. The molecule has 216 valence electrons. The van der Waals surface area contributed by atoms with Crippen molar-refractivity contribution in [2.75, 3.05) is 29.5 Å². The number of ether oxygens (including phenoxy) is 1. The molecule has 1 atom stereocenters. The summed E-state index contributed by atoms with van der Waals surface area (Å²) in [4.78, 5) is 22.6. The van der Waals surface area contributed by atoms with E-state index < -0.39 is 10.0 Å². The van der Waals surface area contributed by atoms with Gasteiger partial charge in [-0.05, 0) is 75.8 Å². The molecule has 1 aliphatic carbocycles. The van der Waals surface area contributed by atoms with E-state index in [9.17, 15) is 13.2 Å². The van der Waals surface area contributed by atoms with Gasteiger partial charge in [-0.1, -0.05) is 0 Å². The summed E-state index contributed by atoms with van der Waals surface area (Å²) in [5, 5.41) is 7.83. The van der Waals surface area contributed by atoms with E-state index in [1.54, 1.807) is 16.9 Å². The first kappa shape index (κ1) is 27.4. The topological polar surface area (TPSA) is 124 Å². The van der Waals surface area contributed by atoms with Gasteiger partial charge in [-0.15, -0.1) is 0 Å². The summed E-state index contributed by atoms with van der Waals surface area (Å²) in [5.41, 5.74) is 5.32. The van der Waals surface area contributed by atoms with E-state index in [0.717, 1.165) is 49.2 Å². The number of nitrogens with one attached hydrogen (secondary N) is 1. The zero-order chi connectivity index (χ0) is 28.9. The molecule has 4 heterocycles. The van der Waals surface area contributed by atoms with Crippen LogP contribution in [0.5, 0.6) is 0 Å². The average molecular weight is 578 g/mol. The number of aromatic nitrogens is 5. The Kier molecular flexibility index (Phi) is 7.06. The Morgan fingerprint density at radius 1 is 1.12 bits per heavy atom. The van der Waals surface area contributed by atoms with Crippen LogP contribution in [0.2, 0.25) is 0 Å². The Bertz CT molecular complexity index is 1730. The molecule has 0 bridgehead atoms. The van der Waals surface area contributed by atoms with Gasteiger partial charge < -0.3 is 10.1 Å². The summed E-state index contributed by atoms with van der Waals surface area (Å²) in [7, 11) is -2.06. The first-order valence-electron chi connectivity index (χ1n) is 14.0. The lowest BCUT2D eigenvalue weighted by molar-refractivity contribution is -0.119. The normalized spacial score (nSPS) is 17.6. The number of sulfonamides is 1. The van der Waals surface area contributed by atoms with Crippen LogP contribution in [0.4, 0.5) is 17.1 Å². The van der Waals surface area contributed by atoms with Gasteiger partial charge in [0, 0.05) is 32.2 Å². The first-order chi connectivity index (χ1) is 19.6. The Balaban J connectivity index is 1.47. The minimum absolute atomic E-state index is 0.116. The van der Waals surface area contributed by atoms with Crippen molar-refractivity contribution in [1.29, 1.82) is 0 Å². The molecule has 41 heavy (non-hydrogen) atoms. The fourth-order valence-corrected chi connectivity index (χ4v) is 5.82. The molecule has 2 aliphatic rings. The number of Topliss-reactive ketones (excluding diaryl/α,β-unsaturated/α-hetero) is 1. The maximum Gasteiger partial charge on any atom is 0.232 e. The fraction of sp³-hybridized carbons (Fsp3) is 0.448. The number of benzene rings is 1. The molecule has 0 amide bonds. The molecule has 1 saturated heterocycles. The van der Waals surface area contributed by atoms with Gasteiger partial charge >= 0.3 is 0 Å². The van der Waals surface area contributed by atoms with Crippen LogP contribution in [-0.4, -0.2) is 58.4 Å². The number of aryl methyl sites for hydroxylation is 2. The minimum Gasteiger partial charge on any atom is -0.358 e. The third-order valence-corrected chi connectivity index (χ3v) is 8.96. The average Bonchev–Trinajstić information content (AvgIpc) is 3.62. The largest absolute Gasteiger partial charge is 0.358 e. The number of fused-ring (bicyclic) bond motifs is 1. The van der Waals surface area contributed by atoms with Crippen LogP contribution in [0, 0.1) is 19.8 Å². The zero-order valence-corrected chi connectivity index (χ0v) is 24.6. The molecule has 0 radical (unpaired) electrons. The molecule has 1 unspecified atom stereocenters. The lowest BCUT2D eigenvalue weighted by Gasteiger charge is -2.25. The Labute approximate surface area is 239 Å². The fourth-order valence-electron chi connectivity index (χ4n) is 5.32. The molecular weight excluding hydrogens is 542 g/mol. The zero-order valence-electron chi connectivity index (χ0n) is 23.8. The number of carbonyl (C=O) groups excluding carboxylic acids is 1. The third kappa shape index (κ3) is 5.58. The summed E-state index contributed by atoms with van der Waals surface area (Å²) in [6, 6.07) is 7.35. The molecule has 4 aromatic rings. The SMILES string of the molecule is Cc1cnn(-c2ccc(Nc3cc(CC(=O)C4CC4)nc4c3nc(C)n4C3CCCCO3)c(N(C)S(C)(=O)=O)c2)c1. The summed E-state index contributed by atoms with van der Waals surface area (Å²) in [6.07, 6.45) is 9.66. The monoisotopic (exact) mass is 577 g/mol. The van der Waals surface area contributed by atoms with Crippen molar-refractivity contribution in [2.24, 2.45) is 5.92 Å². The minimum atomic E-state index is -3.58. The number of anilines is 3. The third-order valence-electron chi connectivity index (χ3n) is 7.77. The molecule has 11 nitrogen and oxygen atoms in total. The number of hydrogen-bond donors (Lipinski definition) is 1. The number of ketones is 1. The lowest BCUT2D eigenvalue weighted by Crippen LogP contribution is -2.25. The molecule has 2 fully saturated rings. The summed E-state index contributed by atoms with van der Waals surface area (Å²) < 4.78 is 36.4. The highest BCUT2D eigenvalue weighted by atomic mass is 32.2. The standard InChI is InChI=1S/C29H35N7O4S/c1-18-16-30-35(17-18)22-10-11-23(25(15-22)34(3)41(4,38)39)33-24-13-21(14-26(37)20-8-9-20)32-29-28(24)31-19(2)36(29)27-7-5-6-12-40-27/h10-11,13,15-17,20,27H,5-9,12,14H2,1-4H3,(H,32,33). The van der Waals surface area contributed by atoms with Gasteiger partial charge in [-0.25, -0.2) is 23.1 Å². The van der Waals surface area contributed by atoms with Crippen molar-refractivity contribution >= 4 is 44.0 Å². The number of imidazole rings is 1. The van der Waals surface area contributed by atoms with Gasteiger partial charge in [-0.2, -0.15) is 5.10 Å². The predicted molar refractivity (Wildman–Crippen MR) is 157 cm³/mol. The van der Waals surface area contributed by atoms with Crippen molar-refractivity contribution in [3.63, 3.8) is 0 Å². The Morgan fingerprint density at radius 3 is 2.59 bits per heavy atom. The van der Waals surface area contributed by atoms with Crippen molar-refractivity contribution in [3.8, 4) is 5.69 Å². The highest BCUT2D eigenvalue weighted by Gasteiger charge is 2.30. The summed E-state index contributed by atoms with van der Waals surface area (Å²) in [5.74, 6) is 1.08. The van der Waals surface area contributed by atoms with Crippen LogP contribution >= 0.6 is 0 Å². The van der Waals surface area contributed by atoms with Gasteiger partial charge in [0.15, 0.2) is 5.65 Å². The highest BCUT2D eigenvalue weighted by molar-refractivity contribution is 7.92. The Hall–Kier alpha value is -3.77. The van der Waals surface area contributed by atoms with Crippen LogP contribution in [0.25, 0.3) is 16.9 Å². The van der Waals surface area contributed by atoms with E-state index >= 15 is 0 Å². The van der Waals surface area contributed by atoms with Crippen molar-refractivity contribution in [1.82, 2.24) is 24.3 Å². The van der Waals surface area contributed by atoms with Crippen LogP contribution in [0.3, 0.4) is 0 Å². The molecule has 1 N–H and O–H groups in total. The first-order valence-corrected chi connectivity index (χ1v) is 15.8. The number of rotatable bonds is 9. The molecule has 1 aliphatic heterocycles. The lowest BCUT2D eigenvalue weighted by atomic mass is 10.1. The molecule has 12 heteroatoms. The van der Waals surface area contributed by atoms with Crippen LogP contribution in [0.1, 0.15) is 55.4 Å². The summed E-state index contributed by atoms with van der Waals surface area (Å²) >= 11 is 0. The van der Waals surface area contributed by atoms with Crippen molar-refractivity contribution in [2.45, 2.75) is 58.6 Å². The van der Waals surface area contributed by atoms with Crippen LogP contribution in [-0.2, 0) is 26.0 Å². The maximum absolute atomic E-state index is 12.8. The van der Waals surface area contributed by atoms with E-state index in [-0.39, 0.29) is 24.3 Å². The second kappa shape index (κ2) is 10.6. The van der Waals surface area contributed by atoms with Gasteiger partial charge in [0.1, 0.15) is 23.4 Å². The number of pyridine rings is 1. The van der Waals surface area contributed by atoms with Gasteiger partial charge in [0.25, 0.3) is 0 Å². The van der Waals surface area contributed by atoms with Crippen LogP contribution in [0.15, 0.2) is 36.7 Å². The van der Waals surface area contributed by atoms with Gasteiger partial charge in [0.05, 0.1) is 40.9 Å². The molecular formula is C29H35N7O4S. The van der Waals surface area contributed by atoms with Crippen LogP contribution < -0.4 is 9.62 Å². The molecule has 3 aromatic heterocycles. The van der Waals surface area contributed by atoms with Gasteiger partial charge in [-0.3, -0.25) is 13.7 Å². The molecule has 1 aromatic carbocycles. The van der Waals surface area contributed by atoms with Crippen molar-refractivity contribution in [3.05, 3.63) is 53.7 Å². The summed E-state index contributed by atoms with van der Waals surface area (Å²) in [6.45, 7) is 4.56. The van der Waals surface area contributed by atoms with Gasteiger partial charge in [0.2, 0.25) is 10.0 Å². The van der Waals surface area contributed by atoms with E-state index in [1.807, 2.05) is 42.8 Å². The number of nitrogens with zero attached hydrogens (tertiary/aromatic N) is 6. The van der Waals surface area contributed by atoms with E-state index in [1.165, 1.54) is 17.6 Å². The number of carbonyl (C=O) groups is 1. The van der Waals surface area contributed by atoms with E-state index in [2.05, 4.69) is 10.4 Å². The van der Waals surface area contributed by atoms with E-state index in [0.29, 0.717) is 40.5 Å². The highest BCUT2D eigenvalue weighted by Crippen LogP contribution is 2.37. The molecule has 0 spiro atoms. The Morgan fingerprint density at radius 2 is 1.93 bits per heavy atom. The second-order valence-electron chi connectivity index (χ2n) is 11.1.